The van der Waals surface area contributed by atoms with Crippen molar-refractivity contribution in [1.29, 1.82) is 0 Å². The molecule has 3 fully saturated rings. The van der Waals surface area contributed by atoms with Crippen LogP contribution in [0.2, 0.25) is 0 Å². The van der Waals surface area contributed by atoms with Gasteiger partial charge >= 0.3 is 0 Å². The number of hydrogen-bond donors (Lipinski definition) is 0. The maximum atomic E-state index is 5.53. The summed E-state index contributed by atoms with van der Waals surface area (Å²) in [6.07, 6.45) is 7.43. The zero-order valence-corrected chi connectivity index (χ0v) is 13.7. The Bertz CT molecular complexity index is 510. The molecule has 0 unspecified atom stereocenters. The fourth-order valence-corrected chi connectivity index (χ4v) is 5.03. The highest BCUT2D eigenvalue weighted by Crippen LogP contribution is 2.44. The van der Waals surface area contributed by atoms with Gasteiger partial charge < -0.3 is 9.64 Å². The lowest BCUT2D eigenvalue weighted by Crippen LogP contribution is -2.52. The molecule has 0 N–H and O–H groups in total. The number of fused-ring (bicyclic) bond motifs is 2. The maximum Gasteiger partial charge on any atom is 0.142 e. The summed E-state index contributed by atoms with van der Waals surface area (Å²) >= 11 is 0. The van der Waals surface area contributed by atoms with Crippen molar-refractivity contribution in [1.82, 2.24) is 4.90 Å². The average Bonchev–Trinajstić information content (AvgIpc) is 2.96. The van der Waals surface area contributed by atoms with Gasteiger partial charge in [-0.15, -0.1) is 0 Å². The lowest BCUT2D eigenvalue weighted by Gasteiger charge is -2.44. The van der Waals surface area contributed by atoms with E-state index in [2.05, 4.69) is 34.1 Å². The second-order valence-electron chi connectivity index (χ2n) is 7.28. The van der Waals surface area contributed by atoms with Crippen molar-refractivity contribution in [2.75, 3.05) is 38.2 Å². The lowest BCUT2D eigenvalue weighted by atomic mass is 9.84. The predicted molar refractivity (Wildman–Crippen MR) is 90.6 cm³/mol. The van der Waals surface area contributed by atoms with Crippen molar-refractivity contribution in [3.05, 3.63) is 24.3 Å². The van der Waals surface area contributed by atoms with Gasteiger partial charge in [0.1, 0.15) is 5.75 Å². The van der Waals surface area contributed by atoms with E-state index < -0.39 is 0 Å². The zero-order valence-electron chi connectivity index (χ0n) is 13.7. The molecule has 3 atom stereocenters. The van der Waals surface area contributed by atoms with E-state index in [0.717, 1.165) is 36.7 Å². The number of benzene rings is 1. The molecule has 1 aromatic rings. The second kappa shape index (κ2) is 6.11. The Morgan fingerprint density at radius 1 is 0.955 bits per heavy atom. The van der Waals surface area contributed by atoms with Gasteiger partial charge in [0, 0.05) is 32.2 Å². The van der Waals surface area contributed by atoms with E-state index in [0.29, 0.717) is 0 Å². The molecule has 0 aromatic heterocycles. The summed E-state index contributed by atoms with van der Waals surface area (Å²) in [5, 5.41) is 0. The quantitative estimate of drug-likeness (QED) is 0.851. The van der Waals surface area contributed by atoms with Crippen molar-refractivity contribution >= 4 is 5.69 Å². The van der Waals surface area contributed by atoms with Gasteiger partial charge in [0.05, 0.1) is 12.8 Å². The molecule has 1 aliphatic heterocycles. The monoisotopic (exact) mass is 300 g/mol. The van der Waals surface area contributed by atoms with Crippen molar-refractivity contribution in [2.24, 2.45) is 11.8 Å². The fourth-order valence-electron chi connectivity index (χ4n) is 5.03. The van der Waals surface area contributed by atoms with E-state index in [1.54, 1.807) is 7.11 Å². The van der Waals surface area contributed by atoms with E-state index in [4.69, 9.17) is 4.74 Å². The molecule has 120 valence electrons. The van der Waals surface area contributed by atoms with Gasteiger partial charge in [-0.2, -0.15) is 0 Å². The van der Waals surface area contributed by atoms with Gasteiger partial charge in [-0.05, 0) is 49.7 Å². The number of hydrogen-bond acceptors (Lipinski definition) is 3. The van der Waals surface area contributed by atoms with Crippen LogP contribution in [-0.2, 0) is 0 Å². The van der Waals surface area contributed by atoms with Crippen LogP contribution in [0.15, 0.2) is 24.3 Å². The first-order chi connectivity index (χ1) is 10.8. The Balaban J connectivity index is 1.40. The highest BCUT2D eigenvalue weighted by atomic mass is 16.5. The Labute approximate surface area is 134 Å². The largest absolute Gasteiger partial charge is 0.495 e. The molecule has 0 spiro atoms. The van der Waals surface area contributed by atoms with Crippen LogP contribution in [0.1, 0.15) is 32.1 Å². The van der Waals surface area contributed by atoms with Gasteiger partial charge in [-0.3, -0.25) is 4.90 Å². The standard InChI is InChI=1S/C19H28N2O/c1-22-19-5-3-2-4-18(19)21-12-10-20(11-13-21)17-9-7-15-6-8-16(17)14-15/h2-5,15-17H,6-14H2,1H3/t15-,16+,17+/m1/s1. The molecule has 3 heteroatoms. The minimum absolute atomic E-state index is 0.874. The Hall–Kier alpha value is -1.22. The first-order valence-electron chi connectivity index (χ1n) is 8.97. The highest BCUT2D eigenvalue weighted by molar-refractivity contribution is 5.58. The van der Waals surface area contributed by atoms with E-state index in [-0.39, 0.29) is 0 Å². The van der Waals surface area contributed by atoms with Crippen LogP contribution in [0, 0.1) is 11.8 Å². The fraction of sp³-hybridized carbons (Fsp3) is 0.684. The van der Waals surface area contributed by atoms with Gasteiger partial charge in [-0.1, -0.05) is 18.6 Å². The van der Waals surface area contributed by atoms with Crippen molar-refractivity contribution in [3.8, 4) is 5.75 Å². The van der Waals surface area contributed by atoms with Gasteiger partial charge in [0.15, 0.2) is 0 Å². The first-order valence-corrected chi connectivity index (χ1v) is 8.97. The highest BCUT2D eigenvalue weighted by Gasteiger charge is 2.39. The van der Waals surface area contributed by atoms with E-state index in [9.17, 15) is 0 Å². The Morgan fingerprint density at radius 3 is 2.55 bits per heavy atom. The second-order valence-corrected chi connectivity index (χ2v) is 7.28. The topological polar surface area (TPSA) is 15.7 Å². The number of piperazine rings is 1. The molecular weight excluding hydrogens is 272 g/mol. The van der Waals surface area contributed by atoms with Gasteiger partial charge in [0.2, 0.25) is 0 Å². The van der Waals surface area contributed by atoms with Crippen LogP contribution in [0.25, 0.3) is 0 Å². The first kappa shape index (κ1) is 14.4. The minimum Gasteiger partial charge on any atom is -0.495 e. The summed E-state index contributed by atoms with van der Waals surface area (Å²) in [4.78, 5) is 5.29. The van der Waals surface area contributed by atoms with E-state index in [1.165, 1.54) is 50.9 Å². The predicted octanol–water partition coefficient (Wildman–Crippen LogP) is 3.40. The van der Waals surface area contributed by atoms with Crippen LogP contribution in [-0.4, -0.2) is 44.2 Å². The van der Waals surface area contributed by atoms with Crippen molar-refractivity contribution in [3.63, 3.8) is 0 Å². The lowest BCUT2D eigenvalue weighted by molar-refractivity contribution is 0.103. The number of methoxy groups -OCH3 is 1. The molecule has 1 heterocycles. The van der Waals surface area contributed by atoms with E-state index >= 15 is 0 Å². The smallest absolute Gasteiger partial charge is 0.142 e. The molecule has 3 aliphatic rings. The van der Waals surface area contributed by atoms with Crippen LogP contribution >= 0.6 is 0 Å². The molecular formula is C19H28N2O. The summed E-state index contributed by atoms with van der Waals surface area (Å²) in [7, 11) is 1.77. The van der Waals surface area contributed by atoms with Gasteiger partial charge in [-0.25, -0.2) is 0 Å². The summed E-state index contributed by atoms with van der Waals surface area (Å²) in [5.74, 6) is 3.07. The number of ether oxygens (including phenoxy) is 1. The molecule has 22 heavy (non-hydrogen) atoms. The van der Waals surface area contributed by atoms with Crippen LogP contribution in [0.3, 0.4) is 0 Å². The molecule has 4 rings (SSSR count). The van der Waals surface area contributed by atoms with Crippen molar-refractivity contribution in [2.45, 2.75) is 38.1 Å². The molecule has 1 saturated heterocycles. The molecule has 2 saturated carbocycles. The maximum absolute atomic E-state index is 5.53. The molecule has 3 nitrogen and oxygen atoms in total. The summed E-state index contributed by atoms with van der Waals surface area (Å²) in [6.45, 7) is 4.69. The van der Waals surface area contributed by atoms with Crippen LogP contribution in [0.4, 0.5) is 5.69 Å². The molecule has 1 aromatic carbocycles. The normalized spacial score (nSPS) is 32.2. The van der Waals surface area contributed by atoms with E-state index in [1.807, 2.05) is 0 Å². The van der Waals surface area contributed by atoms with Gasteiger partial charge in [0.25, 0.3) is 0 Å². The Kier molecular flexibility index (Phi) is 4.00. The van der Waals surface area contributed by atoms with Crippen molar-refractivity contribution < 1.29 is 4.74 Å². The minimum atomic E-state index is 0.874. The molecule has 2 aliphatic carbocycles. The number of para-hydroxylation sites is 2. The summed E-state index contributed by atoms with van der Waals surface area (Å²) in [5.41, 5.74) is 1.26. The van der Waals surface area contributed by atoms with Crippen LogP contribution in [0.5, 0.6) is 5.75 Å². The Morgan fingerprint density at radius 2 is 1.73 bits per heavy atom. The number of nitrogens with zero attached hydrogens (tertiary/aromatic N) is 2. The third-order valence-corrected chi connectivity index (χ3v) is 6.21. The van der Waals surface area contributed by atoms with Crippen LogP contribution < -0.4 is 9.64 Å². The molecule has 0 amide bonds. The molecule has 2 bridgehead atoms. The third kappa shape index (κ3) is 2.60. The number of rotatable bonds is 3. The zero-order chi connectivity index (χ0) is 14.9. The summed E-state index contributed by atoms with van der Waals surface area (Å²) in [6, 6.07) is 9.30. The third-order valence-electron chi connectivity index (χ3n) is 6.21. The average molecular weight is 300 g/mol. The summed E-state index contributed by atoms with van der Waals surface area (Å²) < 4.78 is 5.53. The number of anilines is 1. The molecule has 0 radical (unpaired) electrons. The SMILES string of the molecule is COc1ccccc1N1CCN([C@H]2CC[C@H]3CC[C@H]2C3)CC1.